The Kier molecular flexibility index (Phi) is 3.32. The van der Waals surface area contributed by atoms with Crippen LogP contribution in [0.25, 0.3) is 0 Å². The fourth-order valence-corrected chi connectivity index (χ4v) is 0.351. The quantitative estimate of drug-likeness (QED) is 0.549. The van der Waals surface area contributed by atoms with E-state index < -0.39 is 5.97 Å². The first kappa shape index (κ1) is 7.53. The van der Waals surface area contributed by atoms with Crippen LogP contribution in [-0.4, -0.2) is 18.9 Å². The summed E-state index contributed by atoms with van der Waals surface area (Å²) in [4.78, 5) is 9.85. The van der Waals surface area contributed by atoms with Crippen LogP contribution >= 0.6 is 0 Å². The Balaban J connectivity index is 3.05. The van der Waals surface area contributed by atoms with Crippen LogP contribution in [0.1, 0.15) is 19.8 Å². The molecule has 0 rings (SSSR count). The van der Waals surface area contributed by atoms with Gasteiger partial charge in [0.05, 0.1) is 7.85 Å². The average molecular weight is 112 g/mol. The van der Waals surface area contributed by atoms with Crippen molar-refractivity contribution in [2.24, 2.45) is 0 Å². The van der Waals surface area contributed by atoms with Gasteiger partial charge < -0.3 is 5.11 Å². The second kappa shape index (κ2) is 3.53. The minimum Gasteiger partial charge on any atom is -0.481 e. The zero-order chi connectivity index (χ0) is 6.57. The molecule has 1 atom stereocenters. The lowest BCUT2D eigenvalue weighted by Crippen LogP contribution is -1.96. The van der Waals surface area contributed by atoms with Gasteiger partial charge in [0.25, 0.3) is 0 Å². The molecule has 8 heavy (non-hydrogen) atoms. The Morgan fingerprint density at radius 3 is 2.50 bits per heavy atom. The van der Waals surface area contributed by atoms with Gasteiger partial charge in [-0.25, -0.2) is 0 Å². The number of hydrogen-bond donors (Lipinski definition) is 1. The van der Waals surface area contributed by atoms with E-state index in [1.54, 1.807) is 6.92 Å². The van der Waals surface area contributed by atoms with Crippen LogP contribution in [0.5, 0.6) is 0 Å². The highest BCUT2D eigenvalue weighted by Gasteiger charge is 1.97. The number of carboxylic acids is 1. The zero-order valence-corrected chi connectivity index (χ0v) is 4.92. The van der Waals surface area contributed by atoms with Crippen molar-refractivity contribution in [2.75, 3.05) is 0 Å². The molecule has 1 unspecified atom stereocenters. The summed E-state index contributed by atoms with van der Waals surface area (Å²) >= 11 is 0. The summed E-state index contributed by atoms with van der Waals surface area (Å²) in [6.07, 6.45) is 0.743. The standard InChI is InChI=1S/C5H9BO2/c1-4(6)2-3-5(7)8/h4H,2-3H2,1H3,(H,7,8). The van der Waals surface area contributed by atoms with Gasteiger partial charge in [0, 0.05) is 6.42 Å². The molecule has 0 heterocycles. The van der Waals surface area contributed by atoms with Gasteiger partial charge in [-0.3, -0.25) is 4.79 Å². The van der Waals surface area contributed by atoms with Crippen LogP contribution in [0, 0.1) is 0 Å². The molecule has 1 N–H and O–H groups in total. The van der Waals surface area contributed by atoms with Crippen molar-refractivity contribution in [3.63, 3.8) is 0 Å². The summed E-state index contributed by atoms with van der Waals surface area (Å²) in [6, 6.07) is 0. The van der Waals surface area contributed by atoms with Gasteiger partial charge >= 0.3 is 5.97 Å². The number of rotatable bonds is 3. The van der Waals surface area contributed by atoms with E-state index >= 15 is 0 Å². The minimum atomic E-state index is -0.776. The largest absolute Gasteiger partial charge is 0.481 e. The van der Waals surface area contributed by atoms with Crippen LogP contribution in [0.3, 0.4) is 0 Å². The van der Waals surface area contributed by atoms with Crippen molar-refractivity contribution in [1.82, 2.24) is 0 Å². The topological polar surface area (TPSA) is 37.3 Å². The van der Waals surface area contributed by atoms with Gasteiger partial charge in [-0.15, -0.1) is 0 Å². The zero-order valence-electron chi connectivity index (χ0n) is 4.92. The van der Waals surface area contributed by atoms with Gasteiger partial charge in [-0.1, -0.05) is 12.7 Å². The molecular formula is C5H9BO2. The van der Waals surface area contributed by atoms with Crippen molar-refractivity contribution in [3.05, 3.63) is 0 Å². The highest BCUT2D eigenvalue weighted by Crippen LogP contribution is 2.05. The average Bonchev–Trinajstić information content (AvgIpc) is 1.61. The molecule has 2 radical (unpaired) electrons. The molecule has 0 saturated carbocycles. The second-order valence-electron chi connectivity index (χ2n) is 1.91. The molecule has 44 valence electrons. The van der Waals surface area contributed by atoms with Gasteiger partial charge in [0.1, 0.15) is 0 Å². The fourth-order valence-electron chi connectivity index (χ4n) is 0.351. The van der Waals surface area contributed by atoms with E-state index in [0.717, 1.165) is 0 Å². The van der Waals surface area contributed by atoms with Crippen LogP contribution in [0.2, 0.25) is 5.82 Å². The third-order valence-corrected chi connectivity index (χ3v) is 0.814. The molecule has 0 aliphatic heterocycles. The molecule has 0 aromatic carbocycles. The molecule has 0 amide bonds. The Bertz CT molecular complexity index is 80.5. The molecule has 0 saturated heterocycles. The van der Waals surface area contributed by atoms with E-state index in [-0.39, 0.29) is 12.2 Å². The van der Waals surface area contributed by atoms with Crippen LogP contribution in [-0.2, 0) is 4.79 Å². The Morgan fingerprint density at radius 2 is 2.38 bits per heavy atom. The summed E-state index contributed by atoms with van der Waals surface area (Å²) in [6.45, 7) is 1.79. The lowest BCUT2D eigenvalue weighted by atomic mass is 9.86. The molecular weight excluding hydrogens is 103 g/mol. The monoisotopic (exact) mass is 112 g/mol. The van der Waals surface area contributed by atoms with E-state index in [1.165, 1.54) is 0 Å². The normalized spacial score (nSPS) is 13.1. The SMILES string of the molecule is [B]C(C)CCC(=O)O. The lowest BCUT2D eigenvalue weighted by Gasteiger charge is -1.97. The van der Waals surface area contributed by atoms with Gasteiger partial charge in [0.15, 0.2) is 0 Å². The van der Waals surface area contributed by atoms with E-state index in [0.29, 0.717) is 6.42 Å². The third-order valence-electron chi connectivity index (χ3n) is 0.814. The lowest BCUT2D eigenvalue weighted by molar-refractivity contribution is -0.137. The molecule has 0 spiro atoms. The third kappa shape index (κ3) is 5.53. The van der Waals surface area contributed by atoms with E-state index in [1.807, 2.05) is 0 Å². The Hall–Kier alpha value is -0.465. The second-order valence-corrected chi connectivity index (χ2v) is 1.91. The molecule has 0 aromatic heterocycles. The maximum absolute atomic E-state index is 9.85. The highest BCUT2D eigenvalue weighted by atomic mass is 16.4. The number of aliphatic carboxylic acids is 1. The predicted octanol–water partition coefficient (Wildman–Crippen LogP) is 0.828. The smallest absolute Gasteiger partial charge is 0.303 e. The number of hydrogen-bond acceptors (Lipinski definition) is 1. The fraction of sp³-hybridized carbons (Fsp3) is 0.800. The van der Waals surface area contributed by atoms with Crippen molar-refractivity contribution in [3.8, 4) is 0 Å². The summed E-state index contributed by atoms with van der Waals surface area (Å²) in [5, 5.41) is 8.11. The van der Waals surface area contributed by atoms with E-state index in [4.69, 9.17) is 13.0 Å². The summed E-state index contributed by atoms with van der Waals surface area (Å²) in [7, 11) is 5.28. The summed E-state index contributed by atoms with van der Waals surface area (Å²) < 4.78 is 0. The van der Waals surface area contributed by atoms with Crippen molar-refractivity contribution < 1.29 is 9.90 Å². The van der Waals surface area contributed by atoms with Gasteiger partial charge in [-0.2, -0.15) is 0 Å². The Labute approximate surface area is 50.3 Å². The van der Waals surface area contributed by atoms with Gasteiger partial charge in [0.2, 0.25) is 0 Å². The summed E-state index contributed by atoms with van der Waals surface area (Å²) in [5.74, 6) is -0.770. The van der Waals surface area contributed by atoms with Crippen LogP contribution < -0.4 is 0 Å². The number of carboxylic acid groups (broad SMARTS) is 1. The maximum atomic E-state index is 9.85. The first-order valence-electron chi connectivity index (χ1n) is 2.60. The molecule has 0 bridgehead atoms. The molecule has 0 aliphatic carbocycles. The molecule has 0 aromatic rings. The van der Waals surface area contributed by atoms with Crippen molar-refractivity contribution in [2.45, 2.75) is 25.6 Å². The van der Waals surface area contributed by atoms with Crippen LogP contribution in [0.4, 0.5) is 0 Å². The molecule has 0 fully saturated rings. The first-order chi connectivity index (χ1) is 3.63. The van der Waals surface area contributed by atoms with E-state index in [9.17, 15) is 4.79 Å². The predicted molar refractivity (Wildman–Crippen MR) is 32.0 cm³/mol. The maximum Gasteiger partial charge on any atom is 0.303 e. The molecule has 0 aliphatic rings. The van der Waals surface area contributed by atoms with Gasteiger partial charge in [-0.05, 0) is 6.42 Å². The Morgan fingerprint density at radius 1 is 1.88 bits per heavy atom. The highest BCUT2D eigenvalue weighted by molar-refractivity contribution is 6.11. The van der Waals surface area contributed by atoms with Crippen molar-refractivity contribution in [1.29, 1.82) is 0 Å². The minimum absolute atomic E-state index is 0.00565. The first-order valence-corrected chi connectivity index (χ1v) is 2.60. The molecule has 3 heteroatoms. The molecule has 2 nitrogen and oxygen atoms in total. The van der Waals surface area contributed by atoms with E-state index in [2.05, 4.69) is 0 Å². The number of carbonyl (C=O) groups is 1. The summed E-state index contributed by atoms with van der Waals surface area (Å²) in [5.41, 5.74) is 0. The van der Waals surface area contributed by atoms with Crippen LogP contribution in [0.15, 0.2) is 0 Å². The van der Waals surface area contributed by atoms with Crippen molar-refractivity contribution >= 4 is 13.8 Å².